The third-order valence-corrected chi connectivity index (χ3v) is 4.77. The standard InChI is InChI=1S/C18H17FO2.C6H6/c19-15-8-6-13(7-9-15)12-21-18(20)17-11-10-16(17)14-4-2-1-3-5-14;1-2-4-6-5-3-1/h1-9,16-17H,10-12H2;1-6H/t16-,17?;/m1./s1. The molecule has 1 saturated carbocycles. The van der Waals surface area contributed by atoms with Gasteiger partial charge in [0.1, 0.15) is 12.4 Å². The predicted molar refractivity (Wildman–Crippen MR) is 105 cm³/mol. The van der Waals surface area contributed by atoms with Gasteiger partial charge in [-0.25, -0.2) is 4.39 Å². The molecule has 0 aliphatic heterocycles. The molecule has 1 fully saturated rings. The second-order valence-electron chi connectivity index (χ2n) is 6.59. The summed E-state index contributed by atoms with van der Waals surface area (Å²) in [6.45, 7) is 0.205. The van der Waals surface area contributed by atoms with Gasteiger partial charge in [-0.1, -0.05) is 78.9 Å². The highest BCUT2D eigenvalue weighted by atomic mass is 19.1. The topological polar surface area (TPSA) is 26.3 Å². The van der Waals surface area contributed by atoms with Gasteiger partial charge in [0.05, 0.1) is 5.92 Å². The van der Waals surface area contributed by atoms with Crippen LogP contribution in [0.2, 0.25) is 0 Å². The summed E-state index contributed by atoms with van der Waals surface area (Å²) < 4.78 is 18.2. The first-order chi connectivity index (χ1) is 13.2. The van der Waals surface area contributed by atoms with E-state index in [1.807, 2.05) is 54.6 Å². The monoisotopic (exact) mass is 362 g/mol. The summed E-state index contributed by atoms with van der Waals surface area (Å²) >= 11 is 0. The fraction of sp³-hybridized carbons (Fsp3) is 0.208. The lowest BCUT2D eigenvalue weighted by Gasteiger charge is -2.35. The molecule has 0 spiro atoms. The SMILES string of the molecule is O=C(OCc1ccc(F)cc1)C1CC[C@@H]1c1ccccc1.c1ccccc1. The van der Waals surface area contributed by atoms with Crippen molar-refractivity contribution in [2.45, 2.75) is 25.4 Å². The fourth-order valence-electron chi connectivity index (χ4n) is 3.11. The molecule has 1 unspecified atom stereocenters. The minimum absolute atomic E-state index is 0.0483. The summed E-state index contributed by atoms with van der Waals surface area (Å²) in [4.78, 5) is 12.2. The summed E-state index contributed by atoms with van der Waals surface area (Å²) in [5, 5.41) is 0. The van der Waals surface area contributed by atoms with Crippen molar-refractivity contribution in [1.29, 1.82) is 0 Å². The van der Waals surface area contributed by atoms with Gasteiger partial charge in [0.2, 0.25) is 0 Å². The van der Waals surface area contributed by atoms with Crippen LogP contribution in [0.5, 0.6) is 0 Å². The Morgan fingerprint density at radius 1 is 0.815 bits per heavy atom. The Labute approximate surface area is 159 Å². The molecule has 0 saturated heterocycles. The molecule has 1 aliphatic rings. The van der Waals surface area contributed by atoms with Crippen LogP contribution in [0, 0.1) is 11.7 Å². The highest BCUT2D eigenvalue weighted by Crippen LogP contribution is 2.43. The minimum Gasteiger partial charge on any atom is -0.461 e. The zero-order chi connectivity index (χ0) is 18.9. The molecule has 0 heterocycles. The van der Waals surface area contributed by atoms with Crippen molar-refractivity contribution >= 4 is 5.97 Å². The maximum atomic E-state index is 12.8. The van der Waals surface area contributed by atoms with Gasteiger partial charge in [0.25, 0.3) is 0 Å². The van der Waals surface area contributed by atoms with Gasteiger partial charge in [-0.3, -0.25) is 4.79 Å². The van der Waals surface area contributed by atoms with E-state index >= 15 is 0 Å². The highest BCUT2D eigenvalue weighted by molar-refractivity contribution is 5.75. The largest absolute Gasteiger partial charge is 0.461 e. The Bertz CT molecular complexity index is 789. The molecule has 0 radical (unpaired) electrons. The molecule has 3 aromatic carbocycles. The zero-order valence-electron chi connectivity index (χ0n) is 15.1. The molecule has 0 amide bonds. The van der Waals surface area contributed by atoms with E-state index in [0.29, 0.717) is 0 Å². The summed E-state index contributed by atoms with van der Waals surface area (Å²) in [7, 11) is 0. The average molecular weight is 362 g/mol. The Morgan fingerprint density at radius 2 is 1.37 bits per heavy atom. The van der Waals surface area contributed by atoms with Gasteiger partial charge in [-0.05, 0) is 42.0 Å². The van der Waals surface area contributed by atoms with Crippen LogP contribution < -0.4 is 0 Å². The van der Waals surface area contributed by atoms with Gasteiger partial charge in [0, 0.05) is 0 Å². The quantitative estimate of drug-likeness (QED) is 0.553. The van der Waals surface area contributed by atoms with Gasteiger partial charge in [-0.15, -0.1) is 0 Å². The molecule has 2 nitrogen and oxygen atoms in total. The third-order valence-electron chi connectivity index (χ3n) is 4.77. The van der Waals surface area contributed by atoms with E-state index in [9.17, 15) is 9.18 Å². The molecule has 0 N–H and O–H groups in total. The van der Waals surface area contributed by atoms with Crippen LogP contribution in [0.15, 0.2) is 91.0 Å². The molecule has 4 rings (SSSR count). The van der Waals surface area contributed by atoms with Crippen LogP contribution in [0.25, 0.3) is 0 Å². The van der Waals surface area contributed by atoms with E-state index in [1.54, 1.807) is 12.1 Å². The smallest absolute Gasteiger partial charge is 0.309 e. The van der Waals surface area contributed by atoms with Crippen molar-refractivity contribution in [2.24, 2.45) is 5.92 Å². The third kappa shape index (κ3) is 5.52. The van der Waals surface area contributed by atoms with Gasteiger partial charge < -0.3 is 4.74 Å². The fourth-order valence-corrected chi connectivity index (χ4v) is 3.11. The van der Waals surface area contributed by atoms with Crippen molar-refractivity contribution in [3.05, 3.63) is 108 Å². The Kier molecular flexibility index (Phi) is 6.75. The van der Waals surface area contributed by atoms with E-state index in [4.69, 9.17) is 4.74 Å². The van der Waals surface area contributed by atoms with Crippen LogP contribution in [-0.4, -0.2) is 5.97 Å². The number of rotatable bonds is 4. The normalized spacial score (nSPS) is 17.8. The number of carbonyl (C=O) groups is 1. The molecule has 1 aliphatic carbocycles. The molecule has 3 heteroatoms. The summed E-state index contributed by atoms with van der Waals surface area (Å²) in [5.41, 5.74) is 2.01. The average Bonchev–Trinajstić information content (AvgIpc) is 2.69. The molecule has 3 aromatic rings. The van der Waals surface area contributed by atoms with Crippen molar-refractivity contribution in [3.8, 4) is 0 Å². The molecule has 27 heavy (non-hydrogen) atoms. The molecule has 138 valence electrons. The van der Waals surface area contributed by atoms with E-state index in [0.717, 1.165) is 18.4 Å². The van der Waals surface area contributed by atoms with Crippen LogP contribution in [0.4, 0.5) is 4.39 Å². The number of hydrogen-bond acceptors (Lipinski definition) is 2. The lowest BCUT2D eigenvalue weighted by atomic mass is 9.70. The molecular formula is C24H23FO2. The second-order valence-corrected chi connectivity index (χ2v) is 6.59. The number of esters is 1. The Balaban J connectivity index is 0.000000299. The number of benzene rings is 3. The number of carbonyl (C=O) groups excluding carboxylic acids is 1. The van der Waals surface area contributed by atoms with E-state index in [2.05, 4.69) is 12.1 Å². The first-order valence-electron chi connectivity index (χ1n) is 9.20. The first-order valence-corrected chi connectivity index (χ1v) is 9.20. The summed E-state index contributed by atoms with van der Waals surface area (Å²) in [6.07, 6.45) is 1.90. The van der Waals surface area contributed by atoms with Crippen molar-refractivity contribution in [2.75, 3.05) is 0 Å². The van der Waals surface area contributed by atoms with E-state index < -0.39 is 0 Å². The molecular weight excluding hydrogens is 339 g/mol. The van der Waals surface area contributed by atoms with Crippen molar-refractivity contribution < 1.29 is 13.9 Å². The lowest BCUT2D eigenvalue weighted by molar-refractivity contribution is -0.154. The van der Waals surface area contributed by atoms with Crippen LogP contribution in [0.3, 0.4) is 0 Å². The highest BCUT2D eigenvalue weighted by Gasteiger charge is 2.38. The number of hydrogen-bond donors (Lipinski definition) is 0. The van der Waals surface area contributed by atoms with Gasteiger partial charge >= 0.3 is 5.97 Å². The Hall–Kier alpha value is -2.94. The number of ether oxygens (including phenoxy) is 1. The maximum absolute atomic E-state index is 12.8. The van der Waals surface area contributed by atoms with Gasteiger partial charge in [0.15, 0.2) is 0 Å². The Morgan fingerprint density at radius 3 is 1.89 bits per heavy atom. The summed E-state index contributed by atoms with van der Waals surface area (Å²) in [5.74, 6) is -0.215. The van der Waals surface area contributed by atoms with E-state index in [-0.39, 0.29) is 30.2 Å². The van der Waals surface area contributed by atoms with Crippen LogP contribution >= 0.6 is 0 Å². The second kappa shape index (κ2) is 9.67. The molecule has 0 bridgehead atoms. The van der Waals surface area contributed by atoms with E-state index in [1.165, 1.54) is 17.7 Å². The van der Waals surface area contributed by atoms with Crippen LogP contribution in [-0.2, 0) is 16.1 Å². The van der Waals surface area contributed by atoms with Crippen molar-refractivity contribution in [3.63, 3.8) is 0 Å². The predicted octanol–water partition coefficient (Wildman–Crippen LogP) is 5.75. The maximum Gasteiger partial charge on any atom is 0.309 e. The van der Waals surface area contributed by atoms with Crippen molar-refractivity contribution in [1.82, 2.24) is 0 Å². The summed E-state index contributed by atoms with van der Waals surface area (Å²) in [6, 6.07) is 28.1. The zero-order valence-corrected chi connectivity index (χ0v) is 15.1. The minimum atomic E-state index is -0.284. The number of halogens is 1. The molecule has 2 atom stereocenters. The lowest BCUT2D eigenvalue weighted by Crippen LogP contribution is -2.32. The van der Waals surface area contributed by atoms with Crippen LogP contribution in [0.1, 0.15) is 29.9 Å². The first kappa shape index (κ1) is 18.8. The molecule has 0 aromatic heterocycles. The van der Waals surface area contributed by atoms with Gasteiger partial charge in [-0.2, -0.15) is 0 Å².